The van der Waals surface area contributed by atoms with Crippen molar-refractivity contribution in [2.24, 2.45) is 0 Å². The van der Waals surface area contributed by atoms with E-state index in [9.17, 15) is 14.4 Å². The highest BCUT2D eigenvalue weighted by Crippen LogP contribution is 2.21. The van der Waals surface area contributed by atoms with Gasteiger partial charge in [0.25, 0.3) is 5.91 Å². The van der Waals surface area contributed by atoms with E-state index in [0.29, 0.717) is 46.7 Å². The lowest BCUT2D eigenvalue weighted by Gasteiger charge is -2.26. The maximum atomic E-state index is 12.9. The Balaban J connectivity index is 1.40. The number of fused-ring (bicyclic) bond motifs is 2. The maximum Gasteiger partial charge on any atom is 0.420 e. The van der Waals surface area contributed by atoms with Crippen LogP contribution in [0.5, 0.6) is 5.75 Å². The standard InChI is InChI=1S/C23H23N5O5/c1-32-16-6-7-18-17(12-24-28(18)13-16)22(30)25-15-5-8-20-19(11-15)27(23(31)33-20)14-21(29)26-9-3-2-4-10-26/h5-8,11-13H,2-4,9-10,14H2,1H3,(H,25,30). The Morgan fingerprint density at radius 1 is 1.12 bits per heavy atom. The van der Waals surface area contributed by atoms with Crippen molar-refractivity contribution in [1.29, 1.82) is 0 Å². The van der Waals surface area contributed by atoms with Crippen LogP contribution in [0, 0.1) is 0 Å². The van der Waals surface area contributed by atoms with Gasteiger partial charge in [0.1, 0.15) is 12.3 Å². The number of benzene rings is 1. The molecule has 0 aliphatic carbocycles. The summed E-state index contributed by atoms with van der Waals surface area (Å²) in [6.07, 6.45) is 6.22. The van der Waals surface area contributed by atoms with E-state index in [1.807, 2.05) is 0 Å². The Hall–Kier alpha value is -4.08. The lowest BCUT2D eigenvalue weighted by molar-refractivity contribution is -0.132. The van der Waals surface area contributed by atoms with Crippen LogP contribution in [0.15, 0.2) is 51.9 Å². The normalized spacial score (nSPS) is 14.0. The van der Waals surface area contributed by atoms with Crippen LogP contribution in [0.4, 0.5) is 5.69 Å². The molecule has 1 N–H and O–H groups in total. The maximum absolute atomic E-state index is 12.9. The summed E-state index contributed by atoms with van der Waals surface area (Å²) in [4.78, 5) is 39.8. The third-order valence-electron chi connectivity index (χ3n) is 5.90. The second-order valence-corrected chi connectivity index (χ2v) is 7.99. The lowest BCUT2D eigenvalue weighted by Crippen LogP contribution is -2.39. The predicted octanol–water partition coefficient (Wildman–Crippen LogP) is 2.52. The number of rotatable bonds is 5. The minimum Gasteiger partial charge on any atom is -0.495 e. The van der Waals surface area contributed by atoms with E-state index < -0.39 is 5.76 Å². The number of pyridine rings is 1. The number of nitrogens with zero attached hydrogens (tertiary/aromatic N) is 4. The van der Waals surface area contributed by atoms with Crippen molar-refractivity contribution < 1.29 is 18.7 Å². The SMILES string of the molecule is COc1ccc2c(C(=O)Nc3ccc4oc(=O)n(CC(=O)N5CCCCC5)c4c3)cnn2c1. The molecule has 5 rings (SSSR count). The van der Waals surface area contributed by atoms with Gasteiger partial charge in [0.05, 0.1) is 36.1 Å². The molecule has 0 bridgehead atoms. The largest absolute Gasteiger partial charge is 0.495 e. The van der Waals surface area contributed by atoms with Gasteiger partial charge in [-0.15, -0.1) is 0 Å². The average Bonchev–Trinajstić information content (AvgIpc) is 3.40. The molecule has 170 valence electrons. The first kappa shape index (κ1) is 20.8. The second-order valence-electron chi connectivity index (χ2n) is 7.99. The van der Waals surface area contributed by atoms with Gasteiger partial charge in [-0.25, -0.2) is 9.31 Å². The van der Waals surface area contributed by atoms with Gasteiger partial charge in [0.15, 0.2) is 5.58 Å². The minimum absolute atomic E-state index is 0.0981. The highest BCUT2D eigenvalue weighted by molar-refractivity contribution is 6.09. The van der Waals surface area contributed by atoms with Gasteiger partial charge >= 0.3 is 5.76 Å². The van der Waals surface area contributed by atoms with Gasteiger partial charge in [-0.3, -0.25) is 14.2 Å². The molecule has 1 aliphatic rings. The van der Waals surface area contributed by atoms with Gasteiger partial charge in [-0.1, -0.05) is 0 Å². The molecule has 33 heavy (non-hydrogen) atoms. The molecule has 10 heteroatoms. The number of anilines is 1. The van der Waals surface area contributed by atoms with E-state index in [2.05, 4.69) is 10.4 Å². The molecule has 10 nitrogen and oxygen atoms in total. The zero-order valence-electron chi connectivity index (χ0n) is 18.1. The Labute approximate surface area is 188 Å². The molecule has 0 radical (unpaired) electrons. The summed E-state index contributed by atoms with van der Waals surface area (Å²) in [6.45, 7) is 1.31. The Kier molecular flexibility index (Phi) is 5.33. The van der Waals surface area contributed by atoms with Crippen molar-refractivity contribution in [3.05, 3.63) is 58.8 Å². The molecule has 0 saturated carbocycles. The number of oxazole rings is 1. The average molecular weight is 449 g/mol. The predicted molar refractivity (Wildman–Crippen MR) is 121 cm³/mol. The van der Waals surface area contributed by atoms with Crippen LogP contribution in [-0.2, 0) is 11.3 Å². The molecule has 0 unspecified atom stereocenters. The Morgan fingerprint density at radius 3 is 2.73 bits per heavy atom. The number of hydrogen-bond donors (Lipinski definition) is 1. The first-order chi connectivity index (χ1) is 16.0. The van der Waals surface area contributed by atoms with Crippen LogP contribution in [0.3, 0.4) is 0 Å². The van der Waals surface area contributed by atoms with Gasteiger partial charge in [0, 0.05) is 18.8 Å². The summed E-state index contributed by atoms with van der Waals surface area (Å²) in [5.41, 5.74) is 2.30. The van der Waals surface area contributed by atoms with Crippen molar-refractivity contribution in [1.82, 2.24) is 19.1 Å². The summed E-state index contributed by atoms with van der Waals surface area (Å²) in [6, 6.07) is 8.40. The zero-order valence-corrected chi connectivity index (χ0v) is 18.1. The van der Waals surface area contributed by atoms with Crippen LogP contribution in [-0.4, -0.2) is 51.1 Å². The second kappa shape index (κ2) is 8.45. The van der Waals surface area contributed by atoms with E-state index in [0.717, 1.165) is 19.3 Å². The molecule has 4 heterocycles. The number of carbonyl (C=O) groups is 2. The third kappa shape index (κ3) is 3.95. The number of amides is 2. The van der Waals surface area contributed by atoms with Crippen LogP contribution in [0.1, 0.15) is 29.6 Å². The number of hydrogen-bond acceptors (Lipinski definition) is 6. The number of carbonyl (C=O) groups excluding carboxylic acids is 2. The number of likely N-dealkylation sites (tertiary alicyclic amines) is 1. The van der Waals surface area contributed by atoms with Crippen molar-refractivity contribution >= 4 is 34.1 Å². The number of piperidine rings is 1. The van der Waals surface area contributed by atoms with Gasteiger partial charge in [-0.2, -0.15) is 5.10 Å². The first-order valence-electron chi connectivity index (χ1n) is 10.8. The topological polar surface area (TPSA) is 111 Å². The smallest absolute Gasteiger partial charge is 0.420 e. The van der Waals surface area contributed by atoms with Crippen molar-refractivity contribution in [2.75, 3.05) is 25.5 Å². The monoisotopic (exact) mass is 449 g/mol. The van der Waals surface area contributed by atoms with Gasteiger partial charge in [0.2, 0.25) is 5.91 Å². The summed E-state index contributed by atoms with van der Waals surface area (Å²) >= 11 is 0. The molecule has 1 aromatic carbocycles. The molecule has 2 amide bonds. The fraction of sp³-hybridized carbons (Fsp3) is 0.304. The molecule has 0 spiro atoms. The van der Waals surface area contributed by atoms with Crippen molar-refractivity contribution in [3.63, 3.8) is 0 Å². The van der Waals surface area contributed by atoms with E-state index in [1.54, 1.807) is 53.1 Å². The molecule has 0 atom stereocenters. The summed E-state index contributed by atoms with van der Waals surface area (Å²) in [5, 5.41) is 7.04. The molecule has 3 aromatic heterocycles. The van der Waals surface area contributed by atoms with Crippen molar-refractivity contribution in [3.8, 4) is 5.75 Å². The number of ether oxygens (including phenoxy) is 1. The summed E-state index contributed by atoms with van der Waals surface area (Å²) < 4.78 is 13.4. The fourth-order valence-electron chi connectivity index (χ4n) is 4.13. The van der Waals surface area contributed by atoms with E-state index in [4.69, 9.17) is 9.15 Å². The van der Waals surface area contributed by atoms with Gasteiger partial charge in [-0.05, 0) is 49.6 Å². The molecular weight excluding hydrogens is 426 g/mol. The lowest BCUT2D eigenvalue weighted by atomic mass is 10.1. The highest BCUT2D eigenvalue weighted by atomic mass is 16.5. The Morgan fingerprint density at radius 2 is 1.94 bits per heavy atom. The van der Waals surface area contributed by atoms with E-state index in [-0.39, 0.29) is 18.4 Å². The van der Waals surface area contributed by atoms with Crippen LogP contribution >= 0.6 is 0 Å². The molecular formula is C23H23N5O5. The van der Waals surface area contributed by atoms with Crippen LogP contribution in [0.2, 0.25) is 0 Å². The molecule has 4 aromatic rings. The van der Waals surface area contributed by atoms with E-state index >= 15 is 0 Å². The molecule has 1 fully saturated rings. The third-order valence-corrected chi connectivity index (χ3v) is 5.90. The quantitative estimate of drug-likeness (QED) is 0.501. The first-order valence-corrected chi connectivity index (χ1v) is 10.8. The van der Waals surface area contributed by atoms with E-state index in [1.165, 1.54) is 10.8 Å². The Bertz CT molecular complexity index is 1410. The molecule has 1 saturated heterocycles. The van der Waals surface area contributed by atoms with Crippen molar-refractivity contribution in [2.45, 2.75) is 25.8 Å². The summed E-state index contributed by atoms with van der Waals surface area (Å²) in [7, 11) is 1.56. The fourth-order valence-corrected chi connectivity index (χ4v) is 4.13. The van der Waals surface area contributed by atoms with Crippen LogP contribution in [0.25, 0.3) is 16.6 Å². The minimum atomic E-state index is -0.601. The van der Waals surface area contributed by atoms with Crippen LogP contribution < -0.4 is 15.8 Å². The summed E-state index contributed by atoms with van der Waals surface area (Å²) in [5.74, 6) is -0.442. The highest BCUT2D eigenvalue weighted by Gasteiger charge is 2.20. The zero-order chi connectivity index (χ0) is 22.9. The number of methoxy groups -OCH3 is 1. The number of nitrogens with one attached hydrogen (secondary N) is 1. The number of aromatic nitrogens is 3. The van der Waals surface area contributed by atoms with Gasteiger partial charge < -0.3 is 19.4 Å². The molecule has 1 aliphatic heterocycles.